The average Bonchev–Trinajstić information content (AvgIpc) is 3.26. The van der Waals surface area contributed by atoms with Gasteiger partial charge >= 0.3 is 0 Å². The highest BCUT2D eigenvalue weighted by Crippen LogP contribution is 2.22. The van der Waals surface area contributed by atoms with Crippen LogP contribution in [0.1, 0.15) is 47.2 Å². The Balaban J connectivity index is 1.77. The highest BCUT2D eigenvalue weighted by Gasteiger charge is 2.20. The van der Waals surface area contributed by atoms with Crippen molar-refractivity contribution in [1.29, 1.82) is 0 Å². The molecular formula is C21H27N5O2. The number of hydrogen-bond acceptors (Lipinski definition) is 5. The fourth-order valence-corrected chi connectivity index (χ4v) is 3.58. The SMILES string of the molecule is CCc1ccc(-c2nnn(CC(=O)c3cc(C)n([C@H](C)COC)c3C)n2)cc1. The molecule has 0 N–H and O–H groups in total. The van der Waals surface area contributed by atoms with E-state index in [1.807, 2.05) is 32.0 Å². The van der Waals surface area contributed by atoms with Gasteiger partial charge in [0.15, 0.2) is 5.78 Å². The number of aryl methyl sites for hydroxylation is 2. The lowest BCUT2D eigenvalue weighted by Crippen LogP contribution is -2.16. The molecule has 0 aliphatic carbocycles. The standard InChI is InChI=1S/C21H27N5O2/c1-6-17-7-9-18(10-8-17)21-22-24-25(23-21)12-20(27)19-11-14(2)26(16(19)4)15(3)13-28-5/h7-11,15H,6,12-13H2,1-5H3/t15-/m1/s1. The van der Waals surface area contributed by atoms with Crippen LogP contribution >= 0.6 is 0 Å². The summed E-state index contributed by atoms with van der Waals surface area (Å²) in [7, 11) is 1.68. The lowest BCUT2D eigenvalue weighted by atomic mass is 10.1. The van der Waals surface area contributed by atoms with Crippen molar-refractivity contribution in [3.63, 3.8) is 0 Å². The van der Waals surface area contributed by atoms with Crippen molar-refractivity contribution >= 4 is 5.78 Å². The second-order valence-electron chi connectivity index (χ2n) is 7.08. The molecule has 7 heteroatoms. The summed E-state index contributed by atoms with van der Waals surface area (Å²) in [5.74, 6) is 0.490. The predicted molar refractivity (Wildman–Crippen MR) is 107 cm³/mol. The smallest absolute Gasteiger partial charge is 0.204 e. The van der Waals surface area contributed by atoms with E-state index < -0.39 is 0 Å². The van der Waals surface area contributed by atoms with E-state index in [1.54, 1.807) is 7.11 Å². The second-order valence-corrected chi connectivity index (χ2v) is 7.08. The third-order valence-electron chi connectivity index (χ3n) is 4.99. The number of benzene rings is 1. The van der Waals surface area contributed by atoms with Crippen molar-refractivity contribution in [3.8, 4) is 11.4 Å². The minimum Gasteiger partial charge on any atom is -0.383 e. The summed E-state index contributed by atoms with van der Waals surface area (Å²) >= 11 is 0. The number of nitrogens with zero attached hydrogens (tertiary/aromatic N) is 5. The number of carbonyl (C=O) groups is 1. The lowest BCUT2D eigenvalue weighted by molar-refractivity contribution is 0.0960. The van der Waals surface area contributed by atoms with E-state index in [0.29, 0.717) is 18.0 Å². The van der Waals surface area contributed by atoms with E-state index in [2.05, 4.69) is 46.0 Å². The van der Waals surface area contributed by atoms with Crippen LogP contribution < -0.4 is 0 Å². The molecule has 0 saturated carbocycles. The van der Waals surface area contributed by atoms with Gasteiger partial charge in [-0.05, 0) is 44.0 Å². The summed E-state index contributed by atoms with van der Waals surface area (Å²) in [5.41, 5.74) is 4.80. The van der Waals surface area contributed by atoms with Gasteiger partial charge in [-0.3, -0.25) is 4.79 Å². The maximum Gasteiger partial charge on any atom is 0.204 e. The van der Waals surface area contributed by atoms with Gasteiger partial charge < -0.3 is 9.30 Å². The van der Waals surface area contributed by atoms with Crippen LogP contribution in [0.25, 0.3) is 11.4 Å². The van der Waals surface area contributed by atoms with E-state index in [4.69, 9.17) is 4.74 Å². The van der Waals surface area contributed by atoms with Crippen molar-refractivity contribution in [1.82, 2.24) is 24.8 Å². The first-order valence-corrected chi connectivity index (χ1v) is 9.52. The van der Waals surface area contributed by atoms with Crippen molar-refractivity contribution in [2.75, 3.05) is 13.7 Å². The third kappa shape index (κ3) is 4.04. The Morgan fingerprint density at radius 3 is 2.57 bits per heavy atom. The van der Waals surface area contributed by atoms with Crippen molar-refractivity contribution in [3.05, 3.63) is 52.8 Å². The molecule has 148 valence electrons. The van der Waals surface area contributed by atoms with Crippen molar-refractivity contribution in [2.45, 2.75) is 46.7 Å². The molecule has 0 radical (unpaired) electrons. The molecule has 1 atom stereocenters. The number of Topliss-reactive ketones (excluding diaryl/α,β-unsaturated/α-hetero) is 1. The van der Waals surface area contributed by atoms with Gasteiger partial charge in [0.2, 0.25) is 5.82 Å². The van der Waals surface area contributed by atoms with Crippen LogP contribution in [0.5, 0.6) is 0 Å². The summed E-state index contributed by atoms with van der Waals surface area (Å²) in [6.45, 7) is 8.80. The Labute approximate surface area is 165 Å². The minimum atomic E-state index is -0.0331. The van der Waals surface area contributed by atoms with E-state index in [1.165, 1.54) is 10.4 Å². The Kier molecular flexibility index (Phi) is 6.04. The number of ether oxygens (including phenoxy) is 1. The molecule has 0 fully saturated rings. The normalized spacial score (nSPS) is 12.3. The molecule has 3 aromatic rings. The Bertz CT molecular complexity index is 956. The molecule has 2 heterocycles. The van der Waals surface area contributed by atoms with Crippen molar-refractivity contribution < 1.29 is 9.53 Å². The van der Waals surface area contributed by atoms with Gasteiger partial charge in [-0.1, -0.05) is 31.2 Å². The van der Waals surface area contributed by atoms with Gasteiger partial charge in [0.05, 0.1) is 12.6 Å². The zero-order valence-electron chi connectivity index (χ0n) is 17.1. The van der Waals surface area contributed by atoms with Crippen LogP contribution in [0.15, 0.2) is 30.3 Å². The number of tetrazole rings is 1. The van der Waals surface area contributed by atoms with E-state index in [0.717, 1.165) is 23.4 Å². The van der Waals surface area contributed by atoms with Gasteiger partial charge in [0.1, 0.15) is 6.54 Å². The van der Waals surface area contributed by atoms with E-state index in [-0.39, 0.29) is 18.4 Å². The van der Waals surface area contributed by atoms with Gasteiger partial charge in [-0.2, -0.15) is 4.80 Å². The Hall–Kier alpha value is -2.80. The van der Waals surface area contributed by atoms with E-state index >= 15 is 0 Å². The fraction of sp³-hybridized carbons (Fsp3) is 0.429. The minimum absolute atomic E-state index is 0.0331. The first kappa shape index (κ1) is 19.9. The number of ketones is 1. The van der Waals surface area contributed by atoms with Crippen LogP contribution in [-0.4, -0.2) is 44.3 Å². The summed E-state index contributed by atoms with van der Waals surface area (Å²) in [6.07, 6.45) is 0.982. The third-order valence-corrected chi connectivity index (χ3v) is 4.99. The molecule has 3 rings (SSSR count). The molecule has 0 spiro atoms. The topological polar surface area (TPSA) is 74.8 Å². The molecule has 0 unspecified atom stereocenters. The highest BCUT2D eigenvalue weighted by molar-refractivity contribution is 5.97. The van der Waals surface area contributed by atoms with Crippen LogP contribution in [0.4, 0.5) is 0 Å². The molecule has 1 aromatic carbocycles. The highest BCUT2D eigenvalue weighted by atomic mass is 16.5. The van der Waals surface area contributed by atoms with Gasteiger partial charge in [-0.25, -0.2) is 0 Å². The molecule has 0 aliphatic heterocycles. The van der Waals surface area contributed by atoms with Crippen LogP contribution in [0, 0.1) is 13.8 Å². The molecule has 0 bridgehead atoms. The zero-order chi connectivity index (χ0) is 20.3. The first-order chi connectivity index (χ1) is 13.4. The van der Waals surface area contributed by atoms with Gasteiger partial charge in [0, 0.05) is 29.6 Å². The zero-order valence-corrected chi connectivity index (χ0v) is 17.1. The molecule has 7 nitrogen and oxygen atoms in total. The summed E-state index contributed by atoms with van der Waals surface area (Å²) in [6, 6.07) is 10.1. The largest absolute Gasteiger partial charge is 0.383 e. The van der Waals surface area contributed by atoms with Gasteiger partial charge in [-0.15, -0.1) is 10.2 Å². The summed E-state index contributed by atoms with van der Waals surface area (Å²) in [5, 5.41) is 12.5. The van der Waals surface area contributed by atoms with Crippen LogP contribution in [0.2, 0.25) is 0 Å². The predicted octanol–water partition coefficient (Wildman–Crippen LogP) is 3.41. The number of methoxy groups -OCH3 is 1. The monoisotopic (exact) mass is 381 g/mol. The molecule has 0 amide bonds. The molecule has 0 saturated heterocycles. The summed E-state index contributed by atoms with van der Waals surface area (Å²) < 4.78 is 7.39. The van der Waals surface area contributed by atoms with E-state index in [9.17, 15) is 4.79 Å². The maximum absolute atomic E-state index is 12.8. The Morgan fingerprint density at radius 2 is 1.93 bits per heavy atom. The molecular weight excluding hydrogens is 354 g/mol. The molecule has 2 aromatic heterocycles. The summed E-state index contributed by atoms with van der Waals surface area (Å²) in [4.78, 5) is 14.2. The maximum atomic E-state index is 12.8. The second kappa shape index (κ2) is 8.48. The number of aromatic nitrogens is 5. The lowest BCUT2D eigenvalue weighted by Gasteiger charge is -2.17. The van der Waals surface area contributed by atoms with Crippen LogP contribution in [-0.2, 0) is 17.7 Å². The van der Waals surface area contributed by atoms with Crippen molar-refractivity contribution in [2.24, 2.45) is 0 Å². The number of rotatable bonds is 8. The quantitative estimate of drug-likeness (QED) is 0.559. The first-order valence-electron chi connectivity index (χ1n) is 9.52. The van der Waals surface area contributed by atoms with Gasteiger partial charge in [0.25, 0.3) is 0 Å². The van der Waals surface area contributed by atoms with Crippen LogP contribution in [0.3, 0.4) is 0 Å². The molecule has 0 aliphatic rings. The molecule has 28 heavy (non-hydrogen) atoms. The fourth-order valence-electron chi connectivity index (χ4n) is 3.58. The average molecular weight is 381 g/mol. The Morgan fingerprint density at radius 1 is 1.21 bits per heavy atom. The number of carbonyl (C=O) groups excluding carboxylic acids is 1. The number of hydrogen-bond donors (Lipinski definition) is 0.